The summed E-state index contributed by atoms with van der Waals surface area (Å²) in [4.78, 5) is 4.89. The molecule has 0 radical (unpaired) electrons. The average Bonchev–Trinajstić information content (AvgIpc) is 2.86. The van der Waals surface area contributed by atoms with Crippen molar-refractivity contribution in [3.05, 3.63) is 11.5 Å². The number of hydrogen-bond acceptors (Lipinski definition) is 2. The van der Waals surface area contributed by atoms with Gasteiger partial charge in [0.15, 0.2) is 0 Å². The van der Waals surface area contributed by atoms with E-state index in [1.165, 1.54) is 31.5 Å². The maximum Gasteiger partial charge on any atom is 0.126 e. The van der Waals surface area contributed by atoms with Crippen LogP contribution in [-0.4, -0.2) is 9.55 Å². The van der Waals surface area contributed by atoms with E-state index in [4.69, 9.17) is 10.7 Å². The molecular weight excluding hydrogens is 222 g/mol. The Hall–Kier alpha value is -0.990. The molecule has 1 aliphatic rings. The Balaban J connectivity index is 2.32. The topological polar surface area (TPSA) is 43.8 Å². The summed E-state index contributed by atoms with van der Waals surface area (Å²) in [5, 5.41) is 0. The molecule has 102 valence electrons. The van der Waals surface area contributed by atoms with E-state index in [1.807, 2.05) is 0 Å². The van der Waals surface area contributed by atoms with E-state index in [0.29, 0.717) is 5.92 Å². The second kappa shape index (κ2) is 4.94. The highest BCUT2D eigenvalue weighted by molar-refractivity contribution is 5.39. The summed E-state index contributed by atoms with van der Waals surface area (Å²) < 4.78 is 2.23. The zero-order valence-corrected chi connectivity index (χ0v) is 12.3. The summed E-state index contributed by atoms with van der Waals surface area (Å²) in [6.45, 7) is 9.83. The molecule has 18 heavy (non-hydrogen) atoms. The minimum Gasteiger partial charge on any atom is -0.384 e. The first-order valence-electron chi connectivity index (χ1n) is 7.27. The predicted molar refractivity (Wildman–Crippen MR) is 76.7 cm³/mol. The lowest BCUT2D eigenvalue weighted by molar-refractivity contribution is 0.407. The highest BCUT2D eigenvalue weighted by Gasteiger charge is 2.26. The normalized spacial score (nSPS) is 17.6. The predicted octanol–water partition coefficient (Wildman–Crippen LogP) is 3.73. The summed E-state index contributed by atoms with van der Waals surface area (Å²) in [6, 6.07) is 0. The van der Waals surface area contributed by atoms with E-state index in [0.717, 1.165) is 24.5 Å². The summed E-state index contributed by atoms with van der Waals surface area (Å²) in [5.74, 6) is 2.78. The SMILES string of the molecule is CCn1c(C2CCCC2)nc(CC(C)(C)C)c1N. The average molecular weight is 249 g/mol. The zero-order valence-electron chi connectivity index (χ0n) is 12.3. The van der Waals surface area contributed by atoms with E-state index in [9.17, 15) is 0 Å². The minimum absolute atomic E-state index is 0.244. The van der Waals surface area contributed by atoms with Crippen molar-refractivity contribution < 1.29 is 0 Å². The molecule has 1 aromatic rings. The summed E-state index contributed by atoms with van der Waals surface area (Å²) >= 11 is 0. The van der Waals surface area contributed by atoms with Gasteiger partial charge in [-0.05, 0) is 31.6 Å². The molecule has 1 aliphatic carbocycles. The Labute approximate surface area is 111 Å². The Morgan fingerprint density at radius 3 is 2.39 bits per heavy atom. The van der Waals surface area contributed by atoms with Gasteiger partial charge in [0.05, 0.1) is 5.69 Å². The summed E-state index contributed by atoms with van der Waals surface area (Å²) in [5.41, 5.74) is 7.64. The van der Waals surface area contributed by atoms with Crippen molar-refractivity contribution in [2.75, 3.05) is 5.73 Å². The van der Waals surface area contributed by atoms with Gasteiger partial charge in [0.2, 0.25) is 0 Å². The van der Waals surface area contributed by atoms with Crippen LogP contribution in [0.2, 0.25) is 0 Å². The van der Waals surface area contributed by atoms with E-state index >= 15 is 0 Å². The van der Waals surface area contributed by atoms with Gasteiger partial charge >= 0.3 is 0 Å². The van der Waals surface area contributed by atoms with Crippen LogP contribution >= 0.6 is 0 Å². The number of imidazole rings is 1. The number of rotatable bonds is 3. The van der Waals surface area contributed by atoms with Crippen molar-refractivity contribution >= 4 is 5.82 Å². The number of aromatic nitrogens is 2. The van der Waals surface area contributed by atoms with Gasteiger partial charge in [-0.1, -0.05) is 33.6 Å². The fourth-order valence-electron chi connectivity index (χ4n) is 3.00. The first kappa shape index (κ1) is 13.4. The molecule has 0 atom stereocenters. The molecule has 2 rings (SSSR count). The quantitative estimate of drug-likeness (QED) is 0.887. The van der Waals surface area contributed by atoms with Gasteiger partial charge in [-0.3, -0.25) is 0 Å². The fourth-order valence-corrected chi connectivity index (χ4v) is 3.00. The van der Waals surface area contributed by atoms with Gasteiger partial charge in [0.25, 0.3) is 0 Å². The minimum atomic E-state index is 0.244. The van der Waals surface area contributed by atoms with Gasteiger partial charge in [0, 0.05) is 12.5 Å². The van der Waals surface area contributed by atoms with Crippen molar-refractivity contribution in [1.29, 1.82) is 0 Å². The molecule has 0 aliphatic heterocycles. The summed E-state index contributed by atoms with van der Waals surface area (Å²) in [6.07, 6.45) is 6.22. The Bertz CT molecular complexity index is 406. The third kappa shape index (κ3) is 2.70. The van der Waals surface area contributed by atoms with Crippen LogP contribution in [0, 0.1) is 5.41 Å². The van der Waals surface area contributed by atoms with Gasteiger partial charge in [-0.25, -0.2) is 4.98 Å². The van der Waals surface area contributed by atoms with Crippen LogP contribution in [0.25, 0.3) is 0 Å². The third-order valence-electron chi connectivity index (χ3n) is 3.85. The van der Waals surface area contributed by atoms with Gasteiger partial charge in [-0.2, -0.15) is 0 Å². The van der Waals surface area contributed by atoms with Crippen molar-refractivity contribution in [3.8, 4) is 0 Å². The molecule has 1 heterocycles. The van der Waals surface area contributed by atoms with Crippen LogP contribution in [0.15, 0.2) is 0 Å². The first-order chi connectivity index (χ1) is 8.42. The fraction of sp³-hybridized carbons (Fsp3) is 0.800. The van der Waals surface area contributed by atoms with E-state index in [1.54, 1.807) is 0 Å². The number of nitrogens with zero attached hydrogens (tertiary/aromatic N) is 2. The highest BCUT2D eigenvalue weighted by atomic mass is 15.1. The van der Waals surface area contributed by atoms with Crippen molar-refractivity contribution in [1.82, 2.24) is 9.55 Å². The smallest absolute Gasteiger partial charge is 0.126 e. The molecule has 0 amide bonds. The Kier molecular flexibility index (Phi) is 3.69. The van der Waals surface area contributed by atoms with Crippen LogP contribution in [0.5, 0.6) is 0 Å². The number of nitrogen functional groups attached to an aromatic ring is 1. The Morgan fingerprint density at radius 1 is 1.28 bits per heavy atom. The first-order valence-corrected chi connectivity index (χ1v) is 7.27. The molecule has 0 unspecified atom stereocenters. The second-order valence-corrected chi connectivity index (χ2v) is 6.77. The maximum atomic E-state index is 6.29. The molecular formula is C15H27N3. The van der Waals surface area contributed by atoms with Crippen molar-refractivity contribution in [2.45, 2.75) is 72.3 Å². The van der Waals surface area contributed by atoms with Gasteiger partial charge < -0.3 is 10.3 Å². The lowest BCUT2D eigenvalue weighted by Crippen LogP contribution is -2.11. The van der Waals surface area contributed by atoms with Crippen LogP contribution in [0.4, 0.5) is 5.82 Å². The largest absolute Gasteiger partial charge is 0.384 e. The van der Waals surface area contributed by atoms with Crippen LogP contribution < -0.4 is 5.73 Å². The van der Waals surface area contributed by atoms with Gasteiger partial charge in [-0.15, -0.1) is 0 Å². The molecule has 0 aromatic carbocycles. The van der Waals surface area contributed by atoms with Crippen LogP contribution in [-0.2, 0) is 13.0 Å². The van der Waals surface area contributed by atoms with Crippen molar-refractivity contribution in [2.24, 2.45) is 5.41 Å². The standard InChI is InChI=1S/C15H27N3/c1-5-18-13(16)12(10-15(2,3)4)17-14(18)11-8-6-7-9-11/h11H,5-10,16H2,1-4H3. The highest BCUT2D eigenvalue weighted by Crippen LogP contribution is 2.36. The molecule has 1 fully saturated rings. The molecule has 3 nitrogen and oxygen atoms in total. The maximum absolute atomic E-state index is 6.29. The monoisotopic (exact) mass is 249 g/mol. The molecule has 0 bridgehead atoms. The van der Waals surface area contributed by atoms with E-state index < -0.39 is 0 Å². The molecule has 1 aromatic heterocycles. The third-order valence-corrected chi connectivity index (χ3v) is 3.85. The number of anilines is 1. The van der Waals surface area contributed by atoms with Crippen LogP contribution in [0.3, 0.4) is 0 Å². The van der Waals surface area contributed by atoms with Gasteiger partial charge in [0.1, 0.15) is 11.6 Å². The molecule has 2 N–H and O–H groups in total. The molecule has 0 spiro atoms. The second-order valence-electron chi connectivity index (χ2n) is 6.77. The van der Waals surface area contributed by atoms with Crippen molar-refractivity contribution in [3.63, 3.8) is 0 Å². The Morgan fingerprint density at radius 2 is 1.89 bits per heavy atom. The van der Waals surface area contributed by atoms with E-state index in [-0.39, 0.29) is 5.41 Å². The summed E-state index contributed by atoms with van der Waals surface area (Å²) in [7, 11) is 0. The molecule has 3 heteroatoms. The number of hydrogen-bond donors (Lipinski definition) is 1. The lowest BCUT2D eigenvalue weighted by Gasteiger charge is -2.16. The molecule has 1 saturated carbocycles. The van der Waals surface area contributed by atoms with E-state index in [2.05, 4.69) is 32.3 Å². The molecule has 0 saturated heterocycles. The zero-order chi connectivity index (χ0) is 13.3. The van der Waals surface area contributed by atoms with Crippen LogP contribution in [0.1, 0.15) is 70.8 Å². The lowest BCUT2D eigenvalue weighted by atomic mass is 9.90. The number of nitrogens with two attached hydrogens (primary N) is 1.